The maximum atomic E-state index is 13.7. The van der Waals surface area contributed by atoms with Crippen molar-refractivity contribution in [2.24, 2.45) is 0 Å². The number of amides is 1. The second-order valence-electron chi connectivity index (χ2n) is 8.44. The van der Waals surface area contributed by atoms with Crippen LogP contribution in [0.15, 0.2) is 42.5 Å². The van der Waals surface area contributed by atoms with Gasteiger partial charge in [-0.3, -0.25) is 4.79 Å². The Kier molecular flexibility index (Phi) is 6.31. The van der Waals surface area contributed by atoms with Crippen LogP contribution in [0.2, 0.25) is 10.0 Å². The van der Waals surface area contributed by atoms with E-state index in [0.717, 1.165) is 42.2 Å². The standard InChI is InChI=1S/C27H21Cl2N3OS/c1-15-24(26(33)32-27-20(14-30)17-7-3-2-4-10-23(17)34-27)19-8-5-6-9-22(19)31-25(15)18-12-11-16(28)13-21(18)29/h5-6,8-9,11-13H,2-4,7,10H2,1H3,(H,32,33). The second-order valence-corrected chi connectivity index (χ2v) is 10.4. The highest BCUT2D eigenvalue weighted by atomic mass is 35.5. The average molecular weight is 506 g/mol. The minimum Gasteiger partial charge on any atom is -0.312 e. The van der Waals surface area contributed by atoms with Crippen molar-refractivity contribution in [3.63, 3.8) is 0 Å². The van der Waals surface area contributed by atoms with E-state index in [-0.39, 0.29) is 5.91 Å². The maximum Gasteiger partial charge on any atom is 0.257 e. The SMILES string of the molecule is Cc1c(-c2ccc(Cl)cc2Cl)nc2ccccc2c1C(=O)Nc1sc2c(c1C#N)CCCCC2. The van der Waals surface area contributed by atoms with Crippen LogP contribution in [0, 0.1) is 18.3 Å². The van der Waals surface area contributed by atoms with Crippen LogP contribution < -0.4 is 5.32 Å². The Morgan fingerprint density at radius 3 is 2.71 bits per heavy atom. The number of anilines is 1. The van der Waals surface area contributed by atoms with Crippen LogP contribution >= 0.6 is 34.5 Å². The smallest absolute Gasteiger partial charge is 0.257 e. The summed E-state index contributed by atoms with van der Waals surface area (Å²) >= 11 is 14.1. The van der Waals surface area contributed by atoms with Crippen LogP contribution in [-0.2, 0) is 12.8 Å². The van der Waals surface area contributed by atoms with Gasteiger partial charge in [0.1, 0.15) is 11.1 Å². The van der Waals surface area contributed by atoms with Gasteiger partial charge >= 0.3 is 0 Å². The first-order valence-electron chi connectivity index (χ1n) is 11.2. The molecule has 1 amide bonds. The number of carbonyl (C=O) groups excluding carboxylic acids is 1. The minimum absolute atomic E-state index is 0.254. The first-order chi connectivity index (χ1) is 16.5. The van der Waals surface area contributed by atoms with E-state index in [9.17, 15) is 10.1 Å². The van der Waals surface area contributed by atoms with Crippen LogP contribution in [0.25, 0.3) is 22.2 Å². The molecular formula is C27H21Cl2N3OS. The number of carbonyl (C=O) groups is 1. The number of nitrogens with zero attached hydrogens (tertiary/aromatic N) is 2. The van der Waals surface area contributed by atoms with Crippen LogP contribution in [0.1, 0.15) is 51.2 Å². The van der Waals surface area contributed by atoms with Crippen molar-refractivity contribution in [3.05, 3.63) is 79.6 Å². The largest absolute Gasteiger partial charge is 0.312 e. The summed E-state index contributed by atoms with van der Waals surface area (Å²) in [6.45, 7) is 1.88. The Labute approximate surface area is 212 Å². The summed E-state index contributed by atoms with van der Waals surface area (Å²) in [5.74, 6) is -0.254. The Bertz CT molecular complexity index is 1490. The van der Waals surface area contributed by atoms with Crippen LogP contribution in [0.5, 0.6) is 0 Å². The number of hydrogen-bond acceptors (Lipinski definition) is 4. The summed E-state index contributed by atoms with van der Waals surface area (Å²) in [6, 6.07) is 15.2. The molecule has 0 spiro atoms. The highest BCUT2D eigenvalue weighted by Gasteiger charge is 2.24. The molecule has 1 N–H and O–H groups in total. The normalized spacial score (nSPS) is 13.2. The first kappa shape index (κ1) is 22.9. The Morgan fingerprint density at radius 1 is 1.12 bits per heavy atom. The first-order valence-corrected chi connectivity index (χ1v) is 12.8. The molecule has 1 aliphatic carbocycles. The summed E-state index contributed by atoms with van der Waals surface area (Å²) in [5.41, 5.74) is 4.99. The van der Waals surface area contributed by atoms with Crippen molar-refractivity contribution in [3.8, 4) is 17.3 Å². The molecule has 0 saturated heterocycles. The summed E-state index contributed by atoms with van der Waals surface area (Å²) in [5, 5.41) is 15.3. The molecule has 4 nitrogen and oxygen atoms in total. The molecule has 2 heterocycles. The van der Waals surface area contributed by atoms with Gasteiger partial charge in [0.05, 0.1) is 27.4 Å². The number of thiophene rings is 1. The molecule has 0 bridgehead atoms. The highest BCUT2D eigenvalue weighted by molar-refractivity contribution is 7.16. The van der Waals surface area contributed by atoms with Crippen molar-refractivity contribution < 1.29 is 4.79 Å². The number of halogens is 2. The molecule has 0 saturated carbocycles. The van der Waals surface area contributed by atoms with E-state index >= 15 is 0 Å². The van der Waals surface area contributed by atoms with Gasteiger partial charge in [-0.1, -0.05) is 47.8 Å². The fourth-order valence-corrected chi connectivity index (χ4v) is 6.39. The van der Waals surface area contributed by atoms with Gasteiger partial charge < -0.3 is 5.32 Å². The van der Waals surface area contributed by atoms with Crippen molar-refractivity contribution in [2.75, 3.05) is 5.32 Å². The molecule has 34 heavy (non-hydrogen) atoms. The van der Waals surface area contributed by atoms with E-state index in [2.05, 4.69) is 11.4 Å². The van der Waals surface area contributed by atoms with Gasteiger partial charge in [0.15, 0.2) is 0 Å². The number of hydrogen-bond donors (Lipinski definition) is 1. The van der Waals surface area contributed by atoms with E-state index in [0.29, 0.717) is 42.9 Å². The third-order valence-electron chi connectivity index (χ3n) is 6.31. The predicted octanol–water partition coefficient (Wildman–Crippen LogP) is 7.97. The Balaban J connectivity index is 1.63. The Hall–Kier alpha value is -2.91. The van der Waals surface area contributed by atoms with E-state index in [1.54, 1.807) is 12.1 Å². The molecule has 0 aliphatic heterocycles. The van der Waals surface area contributed by atoms with E-state index < -0.39 is 0 Å². The van der Waals surface area contributed by atoms with Crippen LogP contribution in [0.4, 0.5) is 5.00 Å². The number of fused-ring (bicyclic) bond motifs is 2. The summed E-state index contributed by atoms with van der Waals surface area (Å²) in [4.78, 5) is 19.8. The number of nitrogens with one attached hydrogen (secondary N) is 1. The van der Waals surface area contributed by atoms with Crippen LogP contribution in [0.3, 0.4) is 0 Å². The topological polar surface area (TPSA) is 65.8 Å². The van der Waals surface area contributed by atoms with Gasteiger partial charge in [-0.2, -0.15) is 5.26 Å². The number of benzene rings is 2. The molecule has 5 rings (SSSR count). The summed E-state index contributed by atoms with van der Waals surface area (Å²) in [6.07, 6.45) is 5.21. The third-order valence-corrected chi connectivity index (χ3v) is 8.06. The molecule has 0 radical (unpaired) electrons. The molecule has 7 heteroatoms. The van der Waals surface area contributed by atoms with Crippen molar-refractivity contribution in [1.29, 1.82) is 5.26 Å². The lowest BCUT2D eigenvalue weighted by Crippen LogP contribution is -2.15. The van der Waals surface area contributed by atoms with E-state index in [1.807, 2.05) is 37.3 Å². The van der Waals surface area contributed by atoms with Crippen LogP contribution in [-0.4, -0.2) is 10.9 Å². The average Bonchev–Trinajstić information content (AvgIpc) is 2.97. The third kappa shape index (κ3) is 4.07. The van der Waals surface area contributed by atoms with Crippen molar-refractivity contribution in [2.45, 2.75) is 39.0 Å². The second kappa shape index (κ2) is 9.38. The Morgan fingerprint density at radius 2 is 1.91 bits per heavy atom. The quantitative estimate of drug-likeness (QED) is 0.287. The fraction of sp³-hybridized carbons (Fsp3) is 0.222. The monoisotopic (exact) mass is 505 g/mol. The lowest BCUT2D eigenvalue weighted by atomic mass is 9.97. The number of nitriles is 1. The molecule has 2 aromatic heterocycles. The number of para-hydroxylation sites is 1. The molecular weight excluding hydrogens is 485 g/mol. The predicted molar refractivity (Wildman–Crippen MR) is 140 cm³/mol. The van der Waals surface area contributed by atoms with Gasteiger partial charge in [-0.05, 0) is 68.0 Å². The van der Waals surface area contributed by atoms with Gasteiger partial charge in [0, 0.05) is 20.8 Å². The zero-order valence-corrected chi connectivity index (χ0v) is 20.9. The van der Waals surface area contributed by atoms with E-state index in [1.165, 1.54) is 22.6 Å². The van der Waals surface area contributed by atoms with Gasteiger partial charge in [0.2, 0.25) is 0 Å². The van der Waals surface area contributed by atoms with Gasteiger partial charge in [-0.15, -0.1) is 11.3 Å². The molecule has 4 aromatic rings. The lowest BCUT2D eigenvalue weighted by Gasteiger charge is -2.15. The number of rotatable bonds is 3. The van der Waals surface area contributed by atoms with E-state index in [4.69, 9.17) is 28.2 Å². The molecule has 0 atom stereocenters. The summed E-state index contributed by atoms with van der Waals surface area (Å²) < 4.78 is 0. The lowest BCUT2D eigenvalue weighted by molar-refractivity contribution is 0.102. The van der Waals surface area contributed by atoms with Gasteiger partial charge in [0.25, 0.3) is 5.91 Å². The highest BCUT2D eigenvalue weighted by Crippen LogP contribution is 2.39. The number of pyridine rings is 1. The maximum absolute atomic E-state index is 13.7. The molecule has 0 unspecified atom stereocenters. The molecule has 1 aliphatic rings. The fourth-order valence-electron chi connectivity index (χ4n) is 4.66. The summed E-state index contributed by atoms with van der Waals surface area (Å²) in [7, 11) is 0. The number of aromatic nitrogens is 1. The minimum atomic E-state index is -0.254. The van der Waals surface area contributed by atoms with Crippen molar-refractivity contribution in [1.82, 2.24) is 4.98 Å². The zero-order chi connectivity index (χ0) is 23.8. The molecule has 170 valence electrons. The zero-order valence-electron chi connectivity index (χ0n) is 18.5. The number of aryl methyl sites for hydroxylation is 1. The molecule has 2 aromatic carbocycles. The van der Waals surface area contributed by atoms with Crippen molar-refractivity contribution >= 4 is 56.3 Å². The molecule has 0 fully saturated rings. The van der Waals surface area contributed by atoms with Gasteiger partial charge in [-0.25, -0.2) is 4.98 Å².